The summed E-state index contributed by atoms with van der Waals surface area (Å²) in [5.74, 6) is 1.60. The number of rotatable bonds is 2. The molecule has 0 amide bonds. The molecule has 15 heavy (non-hydrogen) atoms. The zero-order valence-electron chi connectivity index (χ0n) is 8.42. The van der Waals surface area contributed by atoms with E-state index >= 15 is 0 Å². The Balaban J connectivity index is 2.41. The highest BCUT2D eigenvalue weighted by Gasteiger charge is 2.03. The van der Waals surface area contributed by atoms with Gasteiger partial charge in [0.2, 0.25) is 0 Å². The molecule has 0 aromatic carbocycles. The zero-order chi connectivity index (χ0) is 10.8. The van der Waals surface area contributed by atoms with E-state index in [4.69, 9.17) is 0 Å². The Kier molecular flexibility index (Phi) is 2.68. The van der Waals surface area contributed by atoms with E-state index in [1.165, 1.54) is 6.33 Å². The maximum Gasteiger partial charge on any atom is 0.158 e. The molecule has 78 valence electrons. The van der Waals surface area contributed by atoms with Crippen molar-refractivity contribution in [3.63, 3.8) is 0 Å². The third kappa shape index (κ3) is 2.15. The van der Waals surface area contributed by atoms with Gasteiger partial charge in [-0.2, -0.15) is 5.10 Å². The fourth-order valence-electron chi connectivity index (χ4n) is 1.13. The maximum absolute atomic E-state index is 4.15. The maximum atomic E-state index is 4.15. The summed E-state index contributed by atoms with van der Waals surface area (Å²) in [7, 11) is 3.87. The van der Waals surface area contributed by atoms with Gasteiger partial charge in [-0.1, -0.05) is 0 Å². The van der Waals surface area contributed by atoms with Gasteiger partial charge in [0.15, 0.2) is 5.82 Å². The van der Waals surface area contributed by atoms with E-state index in [1.807, 2.05) is 31.3 Å². The van der Waals surface area contributed by atoms with Gasteiger partial charge in [-0.25, -0.2) is 14.6 Å². The molecule has 0 saturated heterocycles. The van der Waals surface area contributed by atoms with Crippen LogP contribution >= 0.6 is 15.9 Å². The predicted molar refractivity (Wildman–Crippen MR) is 61.2 cm³/mol. The van der Waals surface area contributed by atoms with E-state index in [-0.39, 0.29) is 0 Å². The first-order valence-electron chi connectivity index (χ1n) is 4.37. The largest absolute Gasteiger partial charge is 0.363 e. The van der Waals surface area contributed by atoms with Crippen LogP contribution in [0.5, 0.6) is 0 Å². The average Bonchev–Trinajstić information content (AvgIpc) is 2.65. The molecule has 2 aromatic heterocycles. The van der Waals surface area contributed by atoms with E-state index < -0.39 is 0 Å². The minimum absolute atomic E-state index is 0.749. The summed E-state index contributed by atoms with van der Waals surface area (Å²) in [6.45, 7) is 0. The van der Waals surface area contributed by atoms with Gasteiger partial charge in [0.05, 0.1) is 10.7 Å². The lowest BCUT2D eigenvalue weighted by Crippen LogP contribution is -2.11. The van der Waals surface area contributed by atoms with Crippen LogP contribution in [-0.4, -0.2) is 33.8 Å². The van der Waals surface area contributed by atoms with E-state index in [9.17, 15) is 0 Å². The van der Waals surface area contributed by atoms with E-state index in [0.717, 1.165) is 16.1 Å². The summed E-state index contributed by atoms with van der Waals surface area (Å²) < 4.78 is 2.62. The van der Waals surface area contributed by atoms with Crippen molar-refractivity contribution in [2.45, 2.75) is 0 Å². The molecule has 6 heteroatoms. The molecular formula is C9H10BrN5. The summed E-state index contributed by atoms with van der Waals surface area (Å²) in [5, 5.41) is 4.15. The number of hydrogen-bond acceptors (Lipinski definition) is 4. The van der Waals surface area contributed by atoms with Crippen molar-refractivity contribution >= 4 is 21.7 Å². The quantitative estimate of drug-likeness (QED) is 0.827. The van der Waals surface area contributed by atoms with Crippen molar-refractivity contribution in [3.8, 4) is 5.82 Å². The molecule has 5 nitrogen and oxygen atoms in total. The van der Waals surface area contributed by atoms with Crippen molar-refractivity contribution in [1.29, 1.82) is 0 Å². The minimum atomic E-state index is 0.749. The molecular weight excluding hydrogens is 258 g/mol. The second-order valence-electron chi connectivity index (χ2n) is 3.23. The molecule has 0 saturated carbocycles. The van der Waals surface area contributed by atoms with Gasteiger partial charge in [0.25, 0.3) is 0 Å². The number of hydrogen-bond donors (Lipinski definition) is 0. The first-order valence-corrected chi connectivity index (χ1v) is 5.16. The van der Waals surface area contributed by atoms with Crippen molar-refractivity contribution in [1.82, 2.24) is 19.7 Å². The summed E-state index contributed by atoms with van der Waals surface area (Å²) in [5.41, 5.74) is 0. The Morgan fingerprint density at radius 2 is 2.13 bits per heavy atom. The number of halogens is 1. The van der Waals surface area contributed by atoms with Crippen LogP contribution in [0.1, 0.15) is 0 Å². The third-order valence-corrected chi connectivity index (χ3v) is 2.29. The Bertz CT molecular complexity index is 465. The molecule has 2 heterocycles. The third-order valence-electron chi connectivity index (χ3n) is 1.88. The van der Waals surface area contributed by atoms with Crippen LogP contribution in [0.25, 0.3) is 5.82 Å². The van der Waals surface area contributed by atoms with Gasteiger partial charge in [-0.3, -0.25) is 0 Å². The fraction of sp³-hybridized carbons (Fsp3) is 0.222. The molecule has 2 aromatic rings. The second-order valence-corrected chi connectivity index (χ2v) is 4.15. The van der Waals surface area contributed by atoms with Gasteiger partial charge in [0, 0.05) is 26.4 Å². The zero-order valence-corrected chi connectivity index (χ0v) is 10.0. The van der Waals surface area contributed by atoms with Crippen LogP contribution in [0.3, 0.4) is 0 Å². The smallest absolute Gasteiger partial charge is 0.158 e. The Morgan fingerprint density at radius 1 is 1.33 bits per heavy atom. The molecule has 0 N–H and O–H groups in total. The molecule has 0 aliphatic carbocycles. The van der Waals surface area contributed by atoms with Gasteiger partial charge in [0.1, 0.15) is 12.1 Å². The summed E-state index contributed by atoms with van der Waals surface area (Å²) >= 11 is 3.34. The van der Waals surface area contributed by atoms with Gasteiger partial charge >= 0.3 is 0 Å². The fourth-order valence-corrected chi connectivity index (χ4v) is 1.42. The van der Waals surface area contributed by atoms with Crippen molar-refractivity contribution in [3.05, 3.63) is 29.3 Å². The van der Waals surface area contributed by atoms with Crippen LogP contribution in [-0.2, 0) is 0 Å². The van der Waals surface area contributed by atoms with Crippen LogP contribution in [0.15, 0.2) is 29.3 Å². The Labute approximate surface area is 95.9 Å². The average molecular weight is 268 g/mol. The lowest BCUT2D eigenvalue weighted by atomic mass is 10.5. The minimum Gasteiger partial charge on any atom is -0.363 e. The lowest BCUT2D eigenvalue weighted by Gasteiger charge is -2.11. The Hall–Kier alpha value is -1.43. The summed E-state index contributed by atoms with van der Waals surface area (Å²) in [4.78, 5) is 10.2. The highest BCUT2D eigenvalue weighted by Crippen LogP contribution is 2.13. The molecule has 0 spiro atoms. The molecule has 2 rings (SSSR count). The second kappa shape index (κ2) is 3.98. The molecule has 0 aliphatic rings. The first kappa shape index (κ1) is 10.1. The predicted octanol–water partition coefficient (Wildman–Crippen LogP) is 1.49. The van der Waals surface area contributed by atoms with Crippen LogP contribution < -0.4 is 4.90 Å². The molecule has 0 radical (unpaired) electrons. The molecule has 0 atom stereocenters. The van der Waals surface area contributed by atoms with Crippen LogP contribution in [0.4, 0.5) is 5.82 Å². The van der Waals surface area contributed by atoms with Crippen molar-refractivity contribution in [2.75, 3.05) is 19.0 Å². The highest BCUT2D eigenvalue weighted by atomic mass is 79.9. The lowest BCUT2D eigenvalue weighted by molar-refractivity contribution is 0.836. The standard InChI is InChI=1S/C9H10BrN5/c1-14(2)8-3-9(12-6-11-8)15-5-7(10)4-13-15/h3-6H,1-2H3. The van der Waals surface area contributed by atoms with Gasteiger partial charge in [-0.15, -0.1) is 0 Å². The summed E-state index contributed by atoms with van der Waals surface area (Å²) in [6, 6.07) is 1.87. The van der Waals surface area contributed by atoms with Crippen LogP contribution in [0, 0.1) is 0 Å². The number of anilines is 1. The van der Waals surface area contributed by atoms with Crippen LogP contribution in [0.2, 0.25) is 0 Å². The molecule has 0 unspecified atom stereocenters. The molecule has 0 fully saturated rings. The number of nitrogens with zero attached hydrogens (tertiary/aromatic N) is 5. The molecule has 0 aliphatic heterocycles. The normalized spacial score (nSPS) is 10.3. The monoisotopic (exact) mass is 267 g/mol. The van der Waals surface area contributed by atoms with E-state index in [2.05, 4.69) is 31.0 Å². The van der Waals surface area contributed by atoms with E-state index in [1.54, 1.807) is 10.9 Å². The Morgan fingerprint density at radius 3 is 2.73 bits per heavy atom. The SMILES string of the molecule is CN(C)c1cc(-n2cc(Br)cn2)ncn1. The van der Waals surface area contributed by atoms with Crippen molar-refractivity contribution < 1.29 is 0 Å². The molecule has 0 bridgehead atoms. The van der Waals surface area contributed by atoms with E-state index in [0.29, 0.717) is 0 Å². The topological polar surface area (TPSA) is 46.8 Å². The van der Waals surface area contributed by atoms with Gasteiger partial charge in [-0.05, 0) is 15.9 Å². The van der Waals surface area contributed by atoms with Gasteiger partial charge < -0.3 is 4.90 Å². The van der Waals surface area contributed by atoms with Crippen molar-refractivity contribution in [2.24, 2.45) is 0 Å². The summed E-state index contributed by atoms with van der Waals surface area (Å²) in [6.07, 6.45) is 5.10. The highest BCUT2D eigenvalue weighted by molar-refractivity contribution is 9.10. The first-order chi connectivity index (χ1) is 7.16. The number of aromatic nitrogens is 4.